The van der Waals surface area contributed by atoms with Crippen LogP contribution in [-0.2, 0) is 17.5 Å². The van der Waals surface area contributed by atoms with Crippen molar-refractivity contribution in [3.8, 4) is 11.1 Å². The van der Waals surface area contributed by atoms with Crippen LogP contribution in [0.5, 0.6) is 0 Å². The monoisotopic (exact) mass is 370 g/mol. The number of aromatic amines is 1. The Morgan fingerprint density at radius 3 is 2.77 bits per heavy atom. The molecule has 0 bridgehead atoms. The highest BCUT2D eigenvalue weighted by atomic mass is 32.2. The van der Waals surface area contributed by atoms with Gasteiger partial charge in [0.25, 0.3) is 0 Å². The Balaban J connectivity index is 1.51. The predicted molar refractivity (Wildman–Crippen MR) is 96.0 cm³/mol. The number of nitrogens with zero attached hydrogens (tertiary/aromatic N) is 2. The van der Waals surface area contributed by atoms with Gasteiger partial charge in [-0.25, -0.2) is 13.3 Å². The van der Waals surface area contributed by atoms with E-state index in [0.717, 1.165) is 22.0 Å². The summed E-state index contributed by atoms with van der Waals surface area (Å²) in [6.45, 7) is 1.95. The third kappa shape index (κ3) is 3.29. The summed E-state index contributed by atoms with van der Waals surface area (Å²) < 4.78 is 33.5. The van der Waals surface area contributed by atoms with Crippen molar-refractivity contribution in [2.45, 2.75) is 18.4 Å². The van der Waals surface area contributed by atoms with Crippen molar-refractivity contribution in [3.05, 3.63) is 66.2 Å². The lowest BCUT2D eigenvalue weighted by Gasteiger charge is -2.04. The van der Waals surface area contributed by atoms with Crippen LogP contribution in [0.3, 0.4) is 0 Å². The molecular weight excluding hydrogens is 355 g/mol. The largest absolute Gasteiger partial charge is 0.360 e. The Labute approximate surface area is 151 Å². The second kappa shape index (κ2) is 6.81. The van der Waals surface area contributed by atoms with Crippen molar-refractivity contribution in [2.24, 2.45) is 0 Å². The number of aryl methyl sites for hydroxylation is 1. The van der Waals surface area contributed by atoms with E-state index >= 15 is 0 Å². The number of hydrogen-bond acceptors (Lipinski definition) is 4. The van der Waals surface area contributed by atoms with Crippen molar-refractivity contribution >= 4 is 21.9 Å². The Bertz CT molecular complexity index is 1090. The molecule has 8 heteroatoms. The summed E-state index contributed by atoms with van der Waals surface area (Å²) in [5.41, 5.74) is 2.66. The Kier molecular flexibility index (Phi) is 4.36. The van der Waals surface area contributed by atoms with Crippen molar-refractivity contribution in [1.29, 1.82) is 0 Å². The minimum atomic E-state index is -1.40. The molecule has 0 spiro atoms. The van der Waals surface area contributed by atoms with Gasteiger partial charge in [0.05, 0.1) is 11.4 Å². The first-order valence-corrected chi connectivity index (χ1v) is 9.07. The summed E-state index contributed by atoms with van der Waals surface area (Å²) in [7, 11) is -1.40. The molecule has 0 radical (unpaired) electrons. The SMILES string of the molecule is Cc1noc(CNS(=O)c2ccc(-c3c[nH]c4cc(F)ccc34)cc2)n1. The lowest BCUT2D eigenvalue weighted by atomic mass is 10.1. The molecule has 1 atom stereocenters. The van der Waals surface area contributed by atoms with Crippen LogP contribution in [0.4, 0.5) is 4.39 Å². The van der Waals surface area contributed by atoms with E-state index in [1.807, 2.05) is 18.3 Å². The Morgan fingerprint density at radius 1 is 1.23 bits per heavy atom. The minimum Gasteiger partial charge on any atom is -0.360 e. The van der Waals surface area contributed by atoms with E-state index in [1.165, 1.54) is 12.1 Å². The number of rotatable bonds is 5. The van der Waals surface area contributed by atoms with E-state index in [2.05, 4.69) is 19.8 Å². The maximum Gasteiger partial charge on any atom is 0.241 e. The van der Waals surface area contributed by atoms with Gasteiger partial charge in [-0.1, -0.05) is 17.3 Å². The van der Waals surface area contributed by atoms with Gasteiger partial charge in [0, 0.05) is 22.7 Å². The number of hydrogen-bond donors (Lipinski definition) is 2. The molecule has 26 heavy (non-hydrogen) atoms. The van der Waals surface area contributed by atoms with Crippen LogP contribution < -0.4 is 4.72 Å². The van der Waals surface area contributed by atoms with E-state index < -0.39 is 11.0 Å². The molecule has 0 aliphatic heterocycles. The van der Waals surface area contributed by atoms with Crippen LogP contribution in [0.15, 0.2) is 58.1 Å². The van der Waals surface area contributed by atoms with Gasteiger partial charge in [-0.05, 0) is 42.8 Å². The van der Waals surface area contributed by atoms with Gasteiger partial charge in [-0.3, -0.25) is 0 Å². The highest BCUT2D eigenvalue weighted by molar-refractivity contribution is 7.83. The Morgan fingerprint density at radius 2 is 2.04 bits per heavy atom. The first-order chi connectivity index (χ1) is 12.6. The molecule has 4 aromatic rings. The number of halogens is 1. The van der Waals surface area contributed by atoms with Crippen LogP contribution in [0.25, 0.3) is 22.0 Å². The number of aromatic nitrogens is 3. The van der Waals surface area contributed by atoms with E-state index in [-0.39, 0.29) is 12.4 Å². The molecule has 6 nitrogen and oxygen atoms in total. The van der Waals surface area contributed by atoms with Crippen LogP contribution in [-0.4, -0.2) is 19.3 Å². The molecule has 0 aliphatic rings. The van der Waals surface area contributed by atoms with Crippen molar-refractivity contribution in [2.75, 3.05) is 0 Å². The van der Waals surface area contributed by atoms with Gasteiger partial charge in [-0.2, -0.15) is 4.98 Å². The fourth-order valence-electron chi connectivity index (χ4n) is 2.72. The second-order valence-electron chi connectivity index (χ2n) is 5.74. The molecule has 2 heterocycles. The molecule has 0 aliphatic carbocycles. The summed E-state index contributed by atoms with van der Waals surface area (Å²) in [5, 5.41) is 4.62. The van der Waals surface area contributed by atoms with Crippen molar-refractivity contribution in [3.63, 3.8) is 0 Å². The molecule has 0 amide bonds. The highest BCUT2D eigenvalue weighted by Crippen LogP contribution is 2.29. The zero-order valence-corrected chi connectivity index (χ0v) is 14.6. The highest BCUT2D eigenvalue weighted by Gasteiger charge is 2.10. The molecule has 2 aromatic carbocycles. The normalized spacial score (nSPS) is 12.5. The van der Waals surface area contributed by atoms with Crippen LogP contribution in [0.1, 0.15) is 11.7 Å². The molecule has 2 N–H and O–H groups in total. The molecule has 132 valence electrons. The Hall–Kier alpha value is -2.84. The number of nitrogens with one attached hydrogen (secondary N) is 2. The molecule has 0 saturated carbocycles. The fourth-order valence-corrected chi connectivity index (χ4v) is 3.52. The predicted octanol–water partition coefficient (Wildman–Crippen LogP) is 3.48. The third-order valence-electron chi connectivity index (χ3n) is 3.95. The van der Waals surface area contributed by atoms with E-state index in [0.29, 0.717) is 16.6 Å². The van der Waals surface area contributed by atoms with Crippen molar-refractivity contribution < 1.29 is 13.1 Å². The molecular formula is C18H15FN4O2S. The standard InChI is InChI=1S/C18H15FN4O2S/c1-11-22-18(25-23-11)10-21-26(24)14-5-2-12(3-6-14)16-9-20-17-8-13(19)4-7-15(16)17/h2-9,20-21H,10H2,1H3. The lowest BCUT2D eigenvalue weighted by Crippen LogP contribution is -2.16. The summed E-state index contributed by atoms with van der Waals surface area (Å²) in [6.07, 6.45) is 1.84. The third-order valence-corrected chi connectivity index (χ3v) is 5.05. The lowest BCUT2D eigenvalue weighted by molar-refractivity contribution is 0.373. The van der Waals surface area contributed by atoms with Crippen LogP contribution in [0.2, 0.25) is 0 Å². The van der Waals surface area contributed by atoms with E-state index in [1.54, 1.807) is 25.1 Å². The molecule has 2 aromatic heterocycles. The van der Waals surface area contributed by atoms with Gasteiger partial charge in [0.2, 0.25) is 5.89 Å². The number of H-pyrrole nitrogens is 1. The quantitative estimate of drug-likeness (QED) is 0.563. The minimum absolute atomic E-state index is 0.225. The maximum atomic E-state index is 13.3. The van der Waals surface area contributed by atoms with Crippen molar-refractivity contribution in [1.82, 2.24) is 19.8 Å². The second-order valence-corrected chi connectivity index (χ2v) is 7.04. The van der Waals surface area contributed by atoms with Gasteiger partial charge in [0.1, 0.15) is 16.8 Å². The summed E-state index contributed by atoms with van der Waals surface area (Å²) in [4.78, 5) is 7.76. The van der Waals surface area contributed by atoms with Gasteiger partial charge in [-0.15, -0.1) is 0 Å². The summed E-state index contributed by atoms with van der Waals surface area (Å²) in [5.74, 6) is 0.646. The summed E-state index contributed by atoms with van der Waals surface area (Å²) >= 11 is 0. The topological polar surface area (TPSA) is 83.8 Å². The summed E-state index contributed by atoms with van der Waals surface area (Å²) in [6, 6.07) is 12.0. The average molecular weight is 370 g/mol. The molecule has 0 saturated heterocycles. The van der Waals surface area contributed by atoms with Crippen LogP contribution in [0, 0.1) is 12.7 Å². The zero-order chi connectivity index (χ0) is 18.1. The molecule has 1 unspecified atom stereocenters. The smallest absolute Gasteiger partial charge is 0.241 e. The molecule has 4 rings (SSSR count). The first kappa shape index (κ1) is 16.6. The number of fused-ring (bicyclic) bond motifs is 1. The van der Waals surface area contributed by atoms with Crippen LogP contribution >= 0.6 is 0 Å². The average Bonchev–Trinajstić information content (AvgIpc) is 3.25. The first-order valence-electron chi connectivity index (χ1n) is 7.92. The van der Waals surface area contributed by atoms with Gasteiger partial charge in [0.15, 0.2) is 5.82 Å². The van der Waals surface area contributed by atoms with Gasteiger partial charge >= 0.3 is 0 Å². The fraction of sp³-hybridized carbons (Fsp3) is 0.111. The maximum absolute atomic E-state index is 13.3. The van der Waals surface area contributed by atoms with E-state index in [4.69, 9.17) is 4.52 Å². The number of benzene rings is 2. The zero-order valence-electron chi connectivity index (χ0n) is 13.8. The van der Waals surface area contributed by atoms with E-state index in [9.17, 15) is 8.60 Å². The molecule has 0 fully saturated rings. The van der Waals surface area contributed by atoms with Gasteiger partial charge < -0.3 is 9.51 Å².